The molecule has 0 atom stereocenters. The Labute approximate surface area is 101 Å². The van der Waals surface area contributed by atoms with Crippen LogP contribution < -0.4 is 0 Å². The molecular weight excluding hydrogens is 220 g/mol. The second-order valence-electron chi connectivity index (χ2n) is 4.56. The number of hydrogen-bond acceptors (Lipinski definition) is 4. The fraction of sp³-hybridized carbons (Fsp3) is 0.583. The molecule has 1 aliphatic rings. The summed E-state index contributed by atoms with van der Waals surface area (Å²) in [6, 6.07) is 1.61. The molecule has 2 heterocycles. The Kier molecular flexibility index (Phi) is 3.81. The molecule has 0 radical (unpaired) electrons. The lowest BCUT2D eigenvalue weighted by atomic mass is 10.2. The van der Waals surface area contributed by atoms with Gasteiger partial charge in [-0.05, 0) is 32.6 Å². The number of carbonyl (C=O) groups is 1. The Morgan fingerprint density at radius 2 is 2.24 bits per heavy atom. The average molecular weight is 238 g/mol. The predicted octanol–water partition coefficient (Wildman–Crippen LogP) is 1.12. The van der Waals surface area contributed by atoms with Crippen LogP contribution in [-0.2, 0) is 6.54 Å². The van der Waals surface area contributed by atoms with Crippen molar-refractivity contribution < 1.29 is 14.3 Å². The zero-order valence-corrected chi connectivity index (χ0v) is 10.1. The summed E-state index contributed by atoms with van der Waals surface area (Å²) in [6.07, 6.45) is 2.69. The highest BCUT2D eigenvalue weighted by atomic mass is 16.4. The van der Waals surface area contributed by atoms with Gasteiger partial charge in [0.25, 0.3) is 0 Å². The van der Waals surface area contributed by atoms with Crippen LogP contribution in [0.1, 0.15) is 22.5 Å². The van der Waals surface area contributed by atoms with Gasteiger partial charge in [0.05, 0.1) is 6.26 Å². The number of carboxylic acid groups (broad SMARTS) is 1. The Balaban J connectivity index is 1.93. The zero-order valence-electron chi connectivity index (χ0n) is 10.1. The van der Waals surface area contributed by atoms with Gasteiger partial charge < -0.3 is 14.4 Å². The lowest BCUT2D eigenvalue weighted by molar-refractivity contribution is 0.0662. The first-order valence-electron chi connectivity index (χ1n) is 5.87. The van der Waals surface area contributed by atoms with Gasteiger partial charge in [0.1, 0.15) is 0 Å². The molecule has 1 aromatic heterocycles. The van der Waals surface area contributed by atoms with E-state index in [2.05, 4.69) is 16.8 Å². The first kappa shape index (κ1) is 12.1. The van der Waals surface area contributed by atoms with E-state index in [-0.39, 0.29) is 5.76 Å². The van der Waals surface area contributed by atoms with Crippen molar-refractivity contribution in [2.45, 2.75) is 13.0 Å². The third-order valence-corrected chi connectivity index (χ3v) is 3.08. The van der Waals surface area contributed by atoms with E-state index in [4.69, 9.17) is 9.52 Å². The van der Waals surface area contributed by atoms with Crippen LogP contribution in [0.5, 0.6) is 0 Å². The lowest BCUT2D eigenvalue weighted by Crippen LogP contribution is -2.28. The molecule has 0 aromatic carbocycles. The van der Waals surface area contributed by atoms with E-state index < -0.39 is 5.97 Å². The smallest absolute Gasteiger partial charge is 0.371 e. The molecule has 2 rings (SSSR count). The second kappa shape index (κ2) is 5.33. The third-order valence-electron chi connectivity index (χ3n) is 3.08. The Bertz CT molecular complexity index is 389. The van der Waals surface area contributed by atoms with Gasteiger partial charge in [-0.1, -0.05) is 0 Å². The van der Waals surface area contributed by atoms with E-state index in [0.717, 1.165) is 44.7 Å². The highest BCUT2D eigenvalue weighted by Gasteiger charge is 2.14. The molecule has 1 saturated heterocycles. The molecule has 5 heteroatoms. The largest absolute Gasteiger partial charge is 0.475 e. The normalized spacial score (nSPS) is 19.1. The van der Waals surface area contributed by atoms with Crippen LogP contribution in [-0.4, -0.2) is 54.1 Å². The maximum atomic E-state index is 10.7. The first-order valence-corrected chi connectivity index (χ1v) is 5.87. The van der Waals surface area contributed by atoms with Gasteiger partial charge in [0, 0.05) is 25.2 Å². The van der Waals surface area contributed by atoms with Crippen LogP contribution in [0.2, 0.25) is 0 Å². The fourth-order valence-corrected chi connectivity index (χ4v) is 2.09. The number of hydrogen-bond donors (Lipinski definition) is 1. The van der Waals surface area contributed by atoms with Gasteiger partial charge in [-0.3, -0.25) is 4.90 Å². The van der Waals surface area contributed by atoms with Crippen LogP contribution in [0.4, 0.5) is 0 Å². The summed E-state index contributed by atoms with van der Waals surface area (Å²) in [7, 11) is 2.13. The Morgan fingerprint density at radius 3 is 2.94 bits per heavy atom. The van der Waals surface area contributed by atoms with E-state index in [9.17, 15) is 4.79 Å². The molecule has 1 aromatic rings. The molecule has 0 unspecified atom stereocenters. The van der Waals surface area contributed by atoms with Gasteiger partial charge in [0.15, 0.2) is 0 Å². The first-order chi connectivity index (χ1) is 8.15. The summed E-state index contributed by atoms with van der Waals surface area (Å²) in [5.74, 6) is -0.987. The van der Waals surface area contributed by atoms with Crippen LogP contribution >= 0.6 is 0 Å². The molecular formula is C12H18N2O3. The molecule has 1 fully saturated rings. The molecule has 1 N–H and O–H groups in total. The topological polar surface area (TPSA) is 56.9 Å². The standard InChI is InChI=1S/C12H18N2O3/c1-13-3-2-4-14(6-5-13)8-10-7-11(12(15)16)17-9-10/h7,9H,2-6,8H2,1H3,(H,15,16). The van der Waals surface area contributed by atoms with Crippen LogP contribution in [0.15, 0.2) is 16.7 Å². The van der Waals surface area contributed by atoms with Crippen molar-refractivity contribution >= 4 is 5.97 Å². The minimum absolute atomic E-state index is 0.0203. The lowest BCUT2D eigenvalue weighted by Gasteiger charge is -2.18. The van der Waals surface area contributed by atoms with E-state index in [1.54, 1.807) is 6.07 Å². The van der Waals surface area contributed by atoms with Crippen LogP contribution in [0.25, 0.3) is 0 Å². The molecule has 94 valence electrons. The minimum Gasteiger partial charge on any atom is -0.475 e. The molecule has 1 aliphatic heterocycles. The van der Waals surface area contributed by atoms with Crippen molar-refractivity contribution in [1.29, 1.82) is 0 Å². The summed E-state index contributed by atoms with van der Waals surface area (Å²) >= 11 is 0. The molecule has 0 aliphatic carbocycles. The van der Waals surface area contributed by atoms with Crippen LogP contribution in [0, 0.1) is 0 Å². The van der Waals surface area contributed by atoms with Crippen molar-refractivity contribution in [3.63, 3.8) is 0 Å². The number of aromatic carboxylic acids is 1. The molecule has 0 spiro atoms. The van der Waals surface area contributed by atoms with Gasteiger partial charge in [-0.2, -0.15) is 0 Å². The molecule has 17 heavy (non-hydrogen) atoms. The molecule has 0 bridgehead atoms. The monoisotopic (exact) mass is 238 g/mol. The van der Waals surface area contributed by atoms with Crippen molar-refractivity contribution in [1.82, 2.24) is 9.80 Å². The second-order valence-corrected chi connectivity index (χ2v) is 4.56. The average Bonchev–Trinajstić information content (AvgIpc) is 2.65. The summed E-state index contributed by atoms with van der Waals surface area (Å²) in [4.78, 5) is 15.3. The summed E-state index contributed by atoms with van der Waals surface area (Å²) in [6.45, 7) is 5.03. The van der Waals surface area contributed by atoms with Gasteiger partial charge in [0.2, 0.25) is 5.76 Å². The van der Waals surface area contributed by atoms with Crippen molar-refractivity contribution in [2.75, 3.05) is 33.2 Å². The highest BCUT2D eigenvalue weighted by molar-refractivity contribution is 5.84. The quantitative estimate of drug-likeness (QED) is 0.855. The number of carboxylic acids is 1. The Morgan fingerprint density at radius 1 is 1.41 bits per heavy atom. The number of nitrogens with zero attached hydrogens (tertiary/aromatic N) is 2. The minimum atomic E-state index is -1.01. The molecule has 5 nitrogen and oxygen atoms in total. The predicted molar refractivity (Wildman–Crippen MR) is 63.1 cm³/mol. The summed E-state index contributed by atoms with van der Waals surface area (Å²) < 4.78 is 4.98. The third kappa shape index (κ3) is 3.31. The van der Waals surface area contributed by atoms with Gasteiger partial charge in [-0.25, -0.2) is 4.79 Å². The maximum Gasteiger partial charge on any atom is 0.371 e. The van der Waals surface area contributed by atoms with Gasteiger partial charge in [-0.15, -0.1) is 0 Å². The summed E-state index contributed by atoms with van der Waals surface area (Å²) in [5, 5.41) is 8.77. The fourth-order valence-electron chi connectivity index (χ4n) is 2.09. The number of rotatable bonds is 3. The summed E-state index contributed by atoms with van der Waals surface area (Å²) in [5.41, 5.74) is 0.937. The van der Waals surface area contributed by atoms with Crippen molar-refractivity contribution in [3.05, 3.63) is 23.7 Å². The SMILES string of the molecule is CN1CCCN(Cc2coc(C(=O)O)c2)CC1. The van der Waals surface area contributed by atoms with E-state index in [1.165, 1.54) is 6.26 Å². The van der Waals surface area contributed by atoms with E-state index in [0.29, 0.717) is 0 Å². The zero-order chi connectivity index (χ0) is 12.3. The number of likely N-dealkylation sites (N-methyl/N-ethyl adjacent to an activating group) is 1. The van der Waals surface area contributed by atoms with Crippen molar-refractivity contribution in [2.24, 2.45) is 0 Å². The highest BCUT2D eigenvalue weighted by Crippen LogP contribution is 2.12. The van der Waals surface area contributed by atoms with Gasteiger partial charge >= 0.3 is 5.97 Å². The molecule has 0 amide bonds. The maximum absolute atomic E-state index is 10.7. The van der Waals surface area contributed by atoms with Crippen molar-refractivity contribution in [3.8, 4) is 0 Å². The van der Waals surface area contributed by atoms with E-state index in [1.807, 2.05) is 0 Å². The number of furan rings is 1. The molecule has 0 saturated carbocycles. The van der Waals surface area contributed by atoms with Crippen LogP contribution in [0.3, 0.4) is 0 Å². The van der Waals surface area contributed by atoms with E-state index >= 15 is 0 Å². The Hall–Kier alpha value is -1.33.